The van der Waals surface area contributed by atoms with Gasteiger partial charge in [0.25, 0.3) is 5.91 Å². The Labute approximate surface area is 144 Å². The zero-order valence-electron chi connectivity index (χ0n) is 14.0. The quantitative estimate of drug-likeness (QED) is 0.675. The molecule has 0 fully saturated rings. The van der Waals surface area contributed by atoms with Gasteiger partial charge in [0.05, 0.1) is 10.6 Å². The van der Waals surface area contributed by atoms with Crippen LogP contribution in [0.4, 0.5) is 0 Å². The van der Waals surface area contributed by atoms with Gasteiger partial charge in [0, 0.05) is 42.7 Å². The largest absolute Gasteiger partial charge is 0.350 e. The first-order chi connectivity index (χ1) is 11.6. The lowest BCUT2D eigenvalue weighted by molar-refractivity contribution is 0.0957. The van der Waals surface area contributed by atoms with E-state index in [1.807, 2.05) is 48.1 Å². The van der Waals surface area contributed by atoms with Gasteiger partial charge in [-0.2, -0.15) is 5.10 Å². The molecule has 3 aromatic heterocycles. The zero-order chi connectivity index (χ0) is 17.1. The number of carbonyl (C=O) groups is 1. The normalized spacial score (nSPS) is 12.5. The van der Waals surface area contributed by atoms with Crippen molar-refractivity contribution < 1.29 is 4.79 Å². The third-order valence-electron chi connectivity index (χ3n) is 3.96. The third kappa shape index (κ3) is 3.47. The average molecular weight is 343 g/mol. The number of fused-ring (bicyclic) bond motifs is 1. The Morgan fingerprint density at radius 1 is 1.38 bits per heavy atom. The molecule has 0 bridgehead atoms. The molecule has 3 rings (SSSR count). The molecule has 0 aliphatic heterocycles. The molecule has 1 unspecified atom stereocenters. The van der Waals surface area contributed by atoms with Crippen molar-refractivity contribution in [3.63, 3.8) is 0 Å². The van der Waals surface area contributed by atoms with Gasteiger partial charge in [-0.25, -0.2) is 9.50 Å². The molecule has 7 heteroatoms. The molecule has 0 saturated heterocycles. The molecule has 3 aromatic rings. The van der Waals surface area contributed by atoms with Gasteiger partial charge in [-0.3, -0.25) is 4.79 Å². The number of carbonyl (C=O) groups excluding carboxylic acids is 1. The van der Waals surface area contributed by atoms with Crippen molar-refractivity contribution in [1.82, 2.24) is 25.2 Å². The van der Waals surface area contributed by atoms with Crippen molar-refractivity contribution in [2.75, 3.05) is 13.1 Å². The molecule has 0 aromatic carbocycles. The van der Waals surface area contributed by atoms with E-state index in [0.717, 1.165) is 27.5 Å². The van der Waals surface area contributed by atoms with Crippen molar-refractivity contribution in [3.8, 4) is 0 Å². The van der Waals surface area contributed by atoms with Crippen LogP contribution < -0.4 is 10.6 Å². The molecule has 126 valence electrons. The third-order valence-corrected chi connectivity index (χ3v) is 4.83. The summed E-state index contributed by atoms with van der Waals surface area (Å²) in [5.41, 5.74) is 4.01. The Bertz CT molecular complexity index is 840. The Kier molecular flexibility index (Phi) is 4.92. The first-order valence-corrected chi connectivity index (χ1v) is 8.81. The van der Waals surface area contributed by atoms with Crippen LogP contribution in [0.1, 0.15) is 39.6 Å². The lowest BCUT2D eigenvalue weighted by Gasteiger charge is -2.17. The second kappa shape index (κ2) is 7.11. The highest BCUT2D eigenvalue weighted by Crippen LogP contribution is 2.17. The van der Waals surface area contributed by atoms with Crippen molar-refractivity contribution in [2.24, 2.45) is 0 Å². The van der Waals surface area contributed by atoms with Crippen LogP contribution in [0.2, 0.25) is 0 Å². The smallest absolute Gasteiger partial charge is 0.261 e. The van der Waals surface area contributed by atoms with Crippen LogP contribution in [-0.4, -0.2) is 33.6 Å². The SMILES string of the molecule is Cc1cc2ncc(C(C)NCCNC(=O)c3cccs3)c(C)n2n1. The fraction of sp³-hybridized carbons (Fsp3) is 0.353. The number of rotatable bonds is 6. The van der Waals surface area contributed by atoms with Crippen LogP contribution in [0.25, 0.3) is 5.65 Å². The van der Waals surface area contributed by atoms with Gasteiger partial charge in [0.2, 0.25) is 0 Å². The molecule has 0 aliphatic rings. The van der Waals surface area contributed by atoms with Gasteiger partial charge in [-0.05, 0) is 32.2 Å². The maximum absolute atomic E-state index is 11.9. The van der Waals surface area contributed by atoms with Gasteiger partial charge in [-0.1, -0.05) is 6.07 Å². The van der Waals surface area contributed by atoms with E-state index in [1.165, 1.54) is 11.3 Å². The fourth-order valence-electron chi connectivity index (χ4n) is 2.67. The molecule has 0 spiro atoms. The predicted molar refractivity (Wildman–Crippen MR) is 95.5 cm³/mol. The Morgan fingerprint density at radius 3 is 2.96 bits per heavy atom. The van der Waals surface area contributed by atoms with E-state index in [1.54, 1.807) is 0 Å². The van der Waals surface area contributed by atoms with Crippen molar-refractivity contribution in [1.29, 1.82) is 0 Å². The van der Waals surface area contributed by atoms with E-state index in [4.69, 9.17) is 0 Å². The maximum atomic E-state index is 11.9. The maximum Gasteiger partial charge on any atom is 0.261 e. The van der Waals surface area contributed by atoms with E-state index in [-0.39, 0.29) is 11.9 Å². The lowest BCUT2D eigenvalue weighted by atomic mass is 10.1. The molecule has 2 N–H and O–H groups in total. The summed E-state index contributed by atoms with van der Waals surface area (Å²) in [7, 11) is 0. The van der Waals surface area contributed by atoms with Crippen LogP contribution in [0.5, 0.6) is 0 Å². The summed E-state index contributed by atoms with van der Waals surface area (Å²) in [5.74, 6) is -0.0225. The lowest BCUT2D eigenvalue weighted by Crippen LogP contribution is -2.33. The summed E-state index contributed by atoms with van der Waals surface area (Å²) in [5, 5.41) is 12.7. The van der Waals surface area contributed by atoms with Crippen molar-refractivity contribution >= 4 is 22.9 Å². The second-order valence-electron chi connectivity index (χ2n) is 5.76. The Morgan fingerprint density at radius 2 is 2.21 bits per heavy atom. The highest BCUT2D eigenvalue weighted by molar-refractivity contribution is 7.12. The molecule has 0 saturated carbocycles. The predicted octanol–water partition coefficient (Wildman–Crippen LogP) is 2.49. The molecular weight excluding hydrogens is 322 g/mol. The van der Waals surface area contributed by atoms with E-state index >= 15 is 0 Å². The number of aryl methyl sites for hydroxylation is 2. The highest BCUT2D eigenvalue weighted by Gasteiger charge is 2.13. The standard InChI is InChI=1S/C17H21N5OS/c1-11-9-16-20-10-14(13(3)22(16)21-11)12(2)18-6-7-19-17(23)15-5-4-8-24-15/h4-5,8-10,12,18H,6-7H2,1-3H3,(H,19,23). The van der Waals surface area contributed by atoms with Gasteiger partial charge in [0.1, 0.15) is 0 Å². The average Bonchev–Trinajstić information content (AvgIpc) is 3.20. The van der Waals surface area contributed by atoms with Crippen LogP contribution in [0.3, 0.4) is 0 Å². The van der Waals surface area contributed by atoms with Crippen molar-refractivity contribution in [3.05, 3.63) is 51.6 Å². The van der Waals surface area contributed by atoms with E-state index in [9.17, 15) is 4.79 Å². The van der Waals surface area contributed by atoms with Gasteiger partial charge < -0.3 is 10.6 Å². The summed E-state index contributed by atoms with van der Waals surface area (Å²) in [6.45, 7) is 7.37. The number of nitrogens with zero attached hydrogens (tertiary/aromatic N) is 3. The van der Waals surface area contributed by atoms with Crippen LogP contribution in [0.15, 0.2) is 29.8 Å². The zero-order valence-corrected chi connectivity index (χ0v) is 14.9. The minimum Gasteiger partial charge on any atom is -0.350 e. The summed E-state index contributed by atoms with van der Waals surface area (Å²) < 4.78 is 1.88. The Balaban J connectivity index is 1.56. The Hall–Kier alpha value is -2.25. The van der Waals surface area contributed by atoms with Gasteiger partial charge in [0.15, 0.2) is 5.65 Å². The van der Waals surface area contributed by atoms with Crippen LogP contribution >= 0.6 is 11.3 Å². The molecule has 24 heavy (non-hydrogen) atoms. The summed E-state index contributed by atoms with van der Waals surface area (Å²) in [6, 6.07) is 5.80. The number of amides is 1. The van der Waals surface area contributed by atoms with Gasteiger partial charge >= 0.3 is 0 Å². The molecule has 6 nitrogen and oxygen atoms in total. The van der Waals surface area contributed by atoms with Crippen LogP contribution in [0, 0.1) is 13.8 Å². The fourth-order valence-corrected chi connectivity index (χ4v) is 3.31. The number of nitrogens with one attached hydrogen (secondary N) is 2. The summed E-state index contributed by atoms with van der Waals surface area (Å²) in [4.78, 5) is 17.1. The number of aromatic nitrogens is 3. The molecular formula is C17H21N5OS. The van der Waals surface area contributed by atoms with Crippen molar-refractivity contribution in [2.45, 2.75) is 26.8 Å². The molecule has 1 atom stereocenters. The molecule has 3 heterocycles. The van der Waals surface area contributed by atoms with E-state index in [2.05, 4.69) is 27.6 Å². The number of hydrogen-bond donors (Lipinski definition) is 2. The molecule has 0 aliphatic carbocycles. The number of thiophene rings is 1. The molecule has 1 amide bonds. The monoisotopic (exact) mass is 343 g/mol. The van der Waals surface area contributed by atoms with Gasteiger partial charge in [-0.15, -0.1) is 11.3 Å². The van der Waals surface area contributed by atoms with E-state index in [0.29, 0.717) is 13.1 Å². The van der Waals surface area contributed by atoms with Crippen LogP contribution in [-0.2, 0) is 0 Å². The highest BCUT2D eigenvalue weighted by atomic mass is 32.1. The first kappa shape index (κ1) is 16.6. The first-order valence-electron chi connectivity index (χ1n) is 7.93. The summed E-state index contributed by atoms with van der Waals surface area (Å²) in [6.07, 6.45) is 1.90. The number of hydrogen-bond acceptors (Lipinski definition) is 5. The minimum atomic E-state index is -0.0225. The summed E-state index contributed by atoms with van der Waals surface area (Å²) >= 11 is 1.45. The molecule has 0 radical (unpaired) electrons. The topological polar surface area (TPSA) is 71.3 Å². The second-order valence-corrected chi connectivity index (χ2v) is 6.71. The van der Waals surface area contributed by atoms with E-state index < -0.39 is 0 Å². The minimum absolute atomic E-state index is 0.0225.